The zero-order valence-electron chi connectivity index (χ0n) is 25.7. The van der Waals surface area contributed by atoms with Crippen molar-refractivity contribution in [2.24, 2.45) is 5.73 Å². The van der Waals surface area contributed by atoms with Crippen LogP contribution in [0.4, 0.5) is 5.82 Å². The van der Waals surface area contributed by atoms with Crippen molar-refractivity contribution in [3.05, 3.63) is 12.7 Å². The lowest BCUT2D eigenvalue weighted by molar-refractivity contribution is -0.152. The van der Waals surface area contributed by atoms with Crippen molar-refractivity contribution in [1.29, 1.82) is 0 Å². The topological polar surface area (TPSA) is 187 Å². The number of imidazole rings is 1. The molecule has 2 aromatic rings. The number of aromatic nitrogens is 4. The van der Waals surface area contributed by atoms with Gasteiger partial charge < -0.3 is 30.2 Å². The van der Waals surface area contributed by atoms with Gasteiger partial charge >= 0.3 is 19.9 Å². The van der Waals surface area contributed by atoms with E-state index in [0.717, 1.165) is 38.5 Å². The van der Waals surface area contributed by atoms with Crippen LogP contribution in [0.25, 0.3) is 11.2 Å². The minimum atomic E-state index is -1.90. The molecule has 14 heteroatoms. The van der Waals surface area contributed by atoms with Crippen LogP contribution in [0.3, 0.4) is 0 Å². The largest absolute Gasteiger partial charge is 0.464 e. The van der Waals surface area contributed by atoms with E-state index in [-0.39, 0.29) is 30.5 Å². The molecular weight excluding hydrogens is 561 g/mol. The van der Waals surface area contributed by atoms with E-state index in [4.69, 9.17) is 25.7 Å². The van der Waals surface area contributed by atoms with Crippen molar-refractivity contribution in [3.8, 4) is 0 Å². The Balaban J connectivity index is 0.000000401. The fourth-order valence-electron chi connectivity index (χ4n) is 4.19. The average molecular weight is 611 g/mol. The lowest BCUT2D eigenvalue weighted by atomic mass is 9.98. The molecule has 3 unspecified atom stereocenters. The van der Waals surface area contributed by atoms with Crippen molar-refractivity contribution in [3.63, 3.8) is 0 Å². The van der Waals surface area contributed by atoms with E-state index in [2.05, 4.69) is 27.0 Å². The van der Waals surface area contributed by atoms with Gasteiger partial charge in [-0.2, -0.15) is 0 Å². The molecule has 13 nitrogen and oxygen atoms in total. The first-order valence-electron chi connectivity index (χ1n) is 14.8. The van der Waals surface area contributed by atoms with Crippen molar-refractivity contribution >= 4 is 36.9 Å². The Morgan fingerprint density at radius 2 is 1.86 bits per heavy atom. The number of unbranched alkanes of at least 4 members (excludes halogenated alkanes) is 3. The minimum absolute atomic E-state index is 0.0126. The van der Waals surface area contributed by atoms with Crippen molar-refractivity contribution in [1.82, 2.24) is 24.6 Å². The summed E-state index contributed by atoms with van der Waals surface area (Å²) in [6, 6.07) is -0.642. The number of nitrogen functional groups attached to an aromatic ring is 1. The van der Waals surface area contributed by atoms with E-state index < -0.39 is 19.5 Å². The number of rotatable bonds is 15. The summed E-state index contributed by atoms with van der Waals surface area (Å²) in [6.45, 7) is 9.94. The van der Waals surface area contributed by atoms with Gasteiger partial charge in [0.1, 0.15) is 29.5 Å². The summed E-state index contributed by atoms with van der Waals surface area (Å²) in [6.07, 6.45) is 12.4. The molecule has 3 atom stereocenters. The average Bonchev–Trinajstić information content (AvgIpc) is 3.36. The normalized spacial score (nSPS) is 15.8. The summed E-state index contributed by atoms with van der Waals surface area (Å²) in [5.74, 6) is -0.358. The van der Waals surface area contributed by atoms with Gasteiger partial charge in [0, 0.05) is 0 Å². The first-order valence-corrected chi connectivity index (χ1v) is 16.3. The second-order valence-electron chi connectivity index (χ2n) is 11.3. The Bertz CT molecular complexity index is 1130. The number of nitrogens with two attached hydrogens (primary N) is 2. The summed E-state index contributed by atoms with van der Waals surface area (Å²) in [5.41, 5.74) is 11.6. The fraction of sp³-hybridized carbons (Fsp3) is 0.750. The maximum atomic E-state index is 12.3. The fourth-order valence-corrected chi connectivity index (χ4v) is 5.19. The number of ether oxygens (including phenoxy) is 3. The smallest absolute Gasteiger partial charge is 0.461 e. The monoisotopic (exact) mass is 610 g/mol. The first-order chi connectivity index (χ1) is 19.9. The zero-order valence-corrected chi connectivity index (χ0v) is 26.6. The van der Waals surface area contributed by atoms with Crippen LogP contribution >= 0.6 is 7.95 Å². The number of anilines is 1. The third kappa shape index (κ3) is 12.6. The zero-order chi connectivity index (χ0) is 31.1. The molecule has 1 fully saturated rings. The van der Waals surface area contributed by atoms with E-state index >= 15 is 0 Å². The third-order valence-corrected chi connectivity index (χ3v) is 7.70. The molecule has 1 aliphatic carbocycles. The molecule has 3 rings (SSSR count). The molecule has 236 valence electrons. The van der Waals surface area contributed by atoms with E-state index in [1.54, 1.807) is 27.1 Å². The number of esters is 2. The molecule has 0 radical (unpaired) electrons. The van der Waals surface area contributed by atoms with E-state index in [1.165, 1.54) is 25.6 Å². The summed E-state index contributed by atoms with van der Waals surface area (Å²) >= 11 is 0. The number of nitrogens with zero attached hydrogens (tertiary/aromatic N) is 4. The van der Waals surface area contributed by atoms with Crippen LogP contribution in [0, 0.1) is 0 Å². The number of nitrogens with one attached hydrogen (secondary N) is 1. The molecule has 1 saturated carbocycles. The van der Waals surface area contributed by atoms with Crippen LogP contribution in [0.5, 0.6) is 0 Å². The summed E-state index contributed by atoms with van der Waals surface area (Å²) in [4.78, 5) is 35.6. The highest BCUT2D eigenvalue weighted by Crippen LogP contribution is 2.22. The maximum Gasteiger partial charge on any atom is 0.461 e. The second kappa shape index (κ2) is 18.0. The minimum Gasteiger partial charge on any atom is -0.464 e. The van der Waals surface area contributed by atoms with E-state index in [9.17, 15) is 14.2 Å². The van der Waals surface area contributed by atoms with Crippen LogP contribution in [0.2, 0.25) is 0 Å². The highest BCUT2D eigenvalue weighted by molar-refractivity contribution is 7.42. The van der Waals surface area contributed by atoms with Gasteiger partial charge in [0.05, 0.1) is 25.6 Å². The van der Waals surface area contributed by atoms with E-state index in [1.807, 2.05) is 11.5 Å². The predicted octanol–water partition coefficient (Wildman–Crippen LogP) is 4.21. The molecule has 0 saturated heterocycles. The standard InChI is InChI=1S/C18H28N6O4P.C10H21NO2/c1-12(8-24-10-22-15-16(19)20-9-21-17(15)24)27-11-29(26)23-13(2)18(25)28-14-6-4-3-5-7-14;1-4-5-6-7-8-13-9(12)10(2,3)11/h9-10,12-14H,3-8,11H2,1-2H3,(H,23,26)(H2,19,20,21);4-8,11H2,1-3H3/q+1;. The lowest BCUT2D eigenvalue weighted by Crippen LogP contribution is -2.42. The molecular formula is C28H49N7O6P+. The molecule has 2 aromatic heterocycles. The number of carbonyl (C=O) groups excluding carboxylic acids is 2. The molecule has 0 spiro atoms. The quantitative estimate of drug-likeness (QED) is 0.148. The summed E-state index contributed by atoms with van der Waals surface area (Å²) in [7, 11) is -1.90. The van der Waals surface area contributed by atoms with Gasteiger partial charge in [-0.1, -0.05) is 37.7 Å². The SMILES string of the molecule is CC(Cn1cnc2c(N)ncnc21)OC[P+](=O)NC(C)C(=O)OC1CCCCC1.CCCCCCOC(=O)C(C)(C)N. The Morgan fingerprint density at radius 3 is 2.52 bits per heavy atom. The summed E-state index contributed by atoms with van der Waals surface area (Å²) in [5, 5.41) is 2.77. The lowest BCUT2D eigenvalue weighted by Gasteiger charge is -2.22. The molecule has 2 heterocycles. The molecule has 5 N–H and O–H groups in total. The number of carbonyl (C=O) groups is 2. The number of hydrogen-bond acceptors (Lipinski definition) is 11. The van der Waals surface area contributed by atoms with Crippen LogP contribution in [0.1, 0.15) is 92.4 Å². The van der Waals surface area contributed by atoms with Crippen LogP contribution < -0.4 is 16.6 Å². The van der Waals surface area contributed by atoms with Gasteiger partial charge in [0.25, 0.3) is 6.35 Å². The summed E-state index contributed by atoms with van der Waals surface area (Å²) < 4.78 is 30.2. The highest BCUT2D eigenvalue weighted by atomic mass is 31.1. The van der Waals surface area contributed by atoms with Crippen molar-refractivity contribution < 1.29 is 28.4 Å². The Hall–Kier alpha value is -2.73. The van der Waals surface area contributed by atoms with Crippen molar-refractivity contribution in [2.45, 2.75) is 123 Å². The molecule has 0 amide bonds. The molecule has 42 heavy (non-hydrogen) atoms. The molecule has 0 aromatic carbocycles. The van der Waals surface area contributed by atoms with Gasteiger partial charge in [0.2, 0.25) is 0 Å². The van der Waals surface area contributed by atoms with Gasteiger partial charge in [-0.15, -0.1) is 0 Å². The molecule has 0 bridgehead atoms. The van der Waals surface area contributed by atoms with Crippen LogP contribution in [-0.2, 0) is 34.9 Å². The Morgan fingerprint density at radius 1 is 1.14 bits per heavy atom. The van der Waals surface area contributed by atoms with Crippen molar-refractivity contribution in [2.75, 3.05) is 18.7 Å². The molecule has 1 aliphatic rings. The van der Waals surface area contributed by atoms with Crippen LogP contribution in [-0.4, -0.2) is 68.2 Å². The number of fused-ring (bicyclic) bond motifs is 1. The van der Waals surface area contributed by atoms with E-state index in [0.29, 0.717) is 30.1 Å². The number of hydrogen-bond donors (Lipinski definition) is 3. The Labute approximate surface area is 249 Å². The second-order valence-corrected chi connectivity index (χ2v) is 12.6. The van der Waals surface area contributed by atoms with Gasteiger partial charge in [-0.25, -0.2) is 15.0 Å². The highest BCUT2D eigenvalue weighted by Gasteiger charge is 2.29. The third-order valence-electron chi connectivity index (χ3n) is 6.64. The van der Waals surface area contributed by atoms with Gasteiger partial charge in [-0.05, 0) is 64.4 Å². The Kier molecular flexibility index (Phi) is 15.2. The van der Waals surface area contributed by atoms with Gasteiger partial charge in [-0.3, -0.25) is 9.59 Å². The maximum absolute atomic E-state index is 12.3. The predicted molar refractivity (Wildman–Crippen MR) is 162 cm³/mol. The van der Waals surface area contributed by atoms with Crippen LogP contribution in [0.15, 0.2) is 12.7 Å². The van der Waals surface area contributed by atoms with Gasteiger partial charge in [0.15, 0.2) is 11.5 Å². The molecule has 0 aliphatic heterocycles. The first kappa shape index (κ1) is 35.5.